The Hall–Kier alpha value is -2.42. The van der Waals surface area contributed by atoms with E-state index in [9.17, 15) is 18.3 Å². The Labute approximate surface area is 152 Å². The Kier molecular flexibility index (Phi) is 4.74. The fourth-order valence-electron chi connectivity index (χ4n) is 3.41. The Balaban J connectivity index is 2.06. The van der Waals surface area contributed by atoms with Crippen LogP contribution in [-0.2, 0) is 9.84 Å². The molecule has 1 atom stereocenters. The van der Waals surface area contributed by atoms with Crippen molar-refractivity contribution in [2.75, 3.05) is 23.0 Å². The monoisotopic (exact) mass is 378 g/mol. The number of aromatic nitrogens is 3. The maximum atomic E-state index is 11.8. The highest BCUT2D eigenvalue weighted by atomic mass is 32.2. The number of aryl methyl sites for hydroxylation is 2. The van der Waals surface area contributed by atoms with Crippen molar-refractivity contribution < 1.29 is 18.3 Å². The van der Waals surface area contributed by atoms with Crippen LogP contribution in [0.2, 0.25) is 0 Å². The van der Waals surface area contributed by atoms with Crippen molar-refractivity contribution in [1.29, 1.82) is 0 Å². The zero-order chi connectivity index (χ0) is 19.1. The van der Waals surface area contributed by atoms with E-state index in [0.29, 0.717) is 18.7 Å². The highest BCUT2D eigenvalue weighted by Crippen LogP contribution is 2.26. The molecule has 1 aliphatic heterocycles. The molecule has 3 rings (SSSR count). The van der Waals surface area contributed by atoms with Gasteiger partial charge in [0.1, 0.15) is 0 Å². The predicted octanol–water partition coefficient (Wildman–Crippen LogP) is 1.60. The highest BCUT2D eigenvalue weighted by Gasteiger charge is 2.35. The molecule has 1 saturated heterocycles. The molecule has 0 aliphatic carbocycles. The van der Waals surface area contributed by atoms with E-state index in [-0.39, 0.29) is 29.1 Å². The molecule has 0 bridgehead atoms. The van der Waals surface area contributed by atoms with E-state index in [4.69, 9.17) is 0 Å². The first-order chi connectivity index (χ1) is 12.2. The number of sulfone groups is 1. The quantitative estimate of drug-likeness (QED) is 0.842. The summed E-state index contributed by atoms with van der Waals surface area (Å²) < 4.78 is 23.7. The van der Waals surface area contributed by atoms with Gasteiger partial charge in [-0.15, -0.1) is 15.0 Å². The molecule has 1 aromatic heterocycles. The Morgan fingerprint density at radius 2 is 1.92 bits per heavy atom. The molecular weight excluding hydrogens is 356 g/mol. The third kappa shape index (κ3) is 3.57. The number of carbonyl (C=O) groups is 1. The normalized spacial score (nSPS) is 18.8. The number of benzene rings is 1. The molecule has 0 radical (unpaired) electrons. The lowest BCUT2D eigenvalue weighted by atomic mass is 10.1. The summed E-state index contributed by atoms with van der Waals surface area (Å²) in [7, 11) is -3.09. The van der Waals surface area contributed by atoms with Crippen LogP contribution in [0.25, 0.3) is 5.69 Å². The lowest BCUT2D eigenvalue weighted by molar-refractivity contribution is 0.0690. The average molecular weight is 378 g/mol. The van der Waals surface area contributed by atoms with Gasteiger partial charge in [0.15, 0.2) is 15.7 Å². The second-order valence-electron chi connectivity index (χ2n) is 6.66. The number of hydrogen-bond donors (Lipinski definition) is 1. The SMILES string of the molecule is CCN(c1nn(-c2cc(C)cc(C)c2)nc1C(=O)O)C1CCS(=O)(=O)C1. The summed E-state index contributed by atoms with van der Waals surface area (Å²) in [5.74, 6) is -0.853. The molecule has 0 saturated carbocycles. The first-order valence-corrected chi connectivity index (χ1v) is 10.3. The van der Waals surface area contributed by atoms with Gasteiger partial charge in [0.2, 0.25) is 5.69 Å². The van der Waals surface area contributed by atoms with Gasteiger partial charge in [-0.25, -0.2) is 13.2 Å². The van der Waals surface area contributed by atoms with Crippen LogP contribution in [-0.4, -0.2) is 58.6 Å². The first-order valence-electron chi connectivity index (χ1n) is 8.46. The van der Waals surface area contributed by atoms with Gasteiger partial charge >= 0.3 is 5.97 Å². The van der Waals surface area contributed by atoms with E-state index < -0.39 is 15.8 Å². The number of carboxylic acids is 1. The van der Waals surface area contributed by atoms with Crippen LogP contribution in [0.4, 0.5) is 5.82 Å². The molecule has 26 heavy (non-hydrogen) atoms. The minimum Gasteiger partial charge on any atom is -0.476 e. The smallest absolute Gasteiger partial charge is 0.360 e. The lowest BCUT2D eigenvalue weighted by Crippen LogP contribution is -2.37. The molecule has 0 spiro atoms. The van der Waals surface area contributed by atoms with Crippen molar-refractivity contribution in [1.82, 2.24) is 15.0 Å². The van der Waals surface area contributed by atoms with Crippen LogP contribution in [0.5, 0.6) is 0 Å². The van der Waals surface area contributed by atoms with E-state index in [2.05, 4.69) is 10.2 Å². The summed E-state index contributed by atoms with van der Waals surface area (Å²) in [6.07, 6.45) is 0.464. The summed E-state index contributed by atoms with van der Waals surface area (Å²) in [6, 6.07) is 5.47. The van der Waals surface area contributed by atoms with E-state index in [1.54, 1.807) is 4.90 Å². The third-order valence-corrected chi connectivity index (χ3v) is 6.25. The van der Waals surface area contributed by atoms with Crippen molar-refractivity contribution in [2.45, 2.75) is 33.2 Å². The average Bonchev–Trinajstić information content (AvgIpc) is 3.11. The Morgan fingerprint density at radius 3 is 2.42 bits per heavy atom. The summed E-state index contributed by atoms with van der Waals surface area (Å²) in [6.45, 7) is 6.19. The van der Waals surface area contributed by atoms with Crippen LogP contribution in [0.1, 0.15) is 35.0 Å². The highest BCUT2D eigenvalue weighted by molar-refractivity contribution is 7.91. The lowest BCUT2D eigenvalue weighted by Gasteiger charge is -2.26. The van der Waals surface area contributed by atoms with Crippen LogP contribution >= 0.6 is 0 Å². The van der Waals surface area contributed by atoms with E-state index >= 15 is 0 Å². The van der Waals surface area contributed by atoms with Gasteiger partial charge < -0.3 is 10.0 Å². The van der Waals surface area contributed by atoms with Crippen molar-refractivity contribution in [3.05, 3.63) is 35.0 Å². The molecule has 1 aliphatic rings. The molecule has 8 nitrogen and oxygen atoms in total. The number of carboxylic acid groups (broad SMARTS) is 1. The number of hydrogen-bond acceptors (Lipinski definition) is 6. The summed E-state index contributed by atoms with van der Waals surface area (Å²) >= 11 is 0. The minimum absolute atomic E-state index is 0.0102. The molecule has 1 fully saturated rings. The van der Waals surface area contributed by atoms with Gasteiger partial charge in [-0.3, -0.25) is 0 Å². The van der Waals surface area contributed by atoms with Gasteiger partial charge in [-0.2, -0.15) is 0 Å². The second-order valence-corrected chi connectivity index (χ2v) is 8.88. The van der Waals surface area contributed by atoms with Gasteiger partial charge in [-0.1, -0.05) is 6.07 Å². The van der Waals surface area contributed by atoms with E-state index in [1.807, 2.05) is 39.0 Å². The molecule has 2 aromatic rings. The summed E-state index contributed by atoms with van der Waals surface area (Å²) in [4.78, 5) is 14.7. The van der Waals surface area contributed by atoms with Gasteiger partial charge in [0.05, 0.1) is 17.2 Å². The number of nitrogens with zero attached hydrogens (tertiary/aromatic N) is 4. The molecule has 140 valence electrons. The fourth-order valence-corrected chi connectivity index (χ4v) is 5.15. The molecule has 1 aromatic carbocycles. The number of aromatic carboxylic acids is 1. The van der Waals surface area contributed by atoms with Crippen LogP contribution in [0, 0.1) is 13.8 Å². The summed E-state index contributed by atoms with van der Waals surface area (Å²) in [5.41, 5.74) is 2.54. The zero-order valence-electron chi connectivity index (χ0n) is 15.0. The maximum Gasteiger partial charge on any atom is 0.360 e. The van der Waals surface area contributed by atoms with E-state index in [0.717, 1.165) is 11.1 Å². The topological polar surface area (TPSA) is 105 Å². The van der Waals surface area contributed by atoms with Crippen LogP contribution < -0.4 is 4.90 Å². The largest absolute Gasteiger partial charge is 0.476 e. The van der Waals surface area contributed by atoms with Crippen molar-refractivity contribution >= 4 is 21.6 Å². The Bertz CT molecular complexity index is 931. The maximum absolute atomic E-state index is 11.8. The zero-order valence-corrected chi connectivity index (χ0v) is 15.8. The molecule has 1 unspecified atom stereocenters. The Morgan fingerprint density at radius 1 is 1.27 bits per heavy atom. The van der Waals surface area contributed by atoms with Gasteiger partial charge in [-0.05, 0) is 50.5 Å². The van der Waals surface area contributed by atoms with E-state index in [1.165, 1.54) is 4.80 Å². The standard InChI is InChI=1S/C17H22N4O4S/c1-4-20(13-5-6-26(24,25)10-13)16-15(17(22)23)18-21(19-16)14-8-11(2)7-12(3)9-14/h7-9,13H,4-6,10H2,1-3H3,(H,22,23). The molecule has 2 heterocycles. The molecule has 0 amide bonds. The fraction of sp³-hybridized carbons (Fsp3) is 0.471. The molecular formula is C17H22N4O4S. The van der Waals surface area contributed by atoms with Crippen molar-refractivity contribution in [3.63, 3.8) is 0 Å². The van der Waals surface area contributed by atoms with Gasteiger partial charge in [0, 0.05) is 12.6 Å². The summed E-state index contributed by atoms with van der Waals surface area (Å²) in [5, 5.41) is 18.1. The number of anilines is 1. The predicted molar refractivity (Wildman–Crippen MR) is 97.9 cm³/mol. The van der Waals surface area contributed by atoms with Crippen LogP contribution in [0.15, 0.2) is 18.2 Å². The first kappa shape index (κ1) is 18.4. The van der Waals surface area contributed by atoms with Gasteiger partial charge in [0.25, 0.3) is 0 Å². The van der Waals surface area contributed by atoms with Crippen molar-refractivity contribution in [3.8, 4) is 5.69 Å². The molecule has 1 N–H and O–H groups in total. The van der Waals surface area contributed by atoms with Crippen molar-refractivity contribution in [2.24, 2.45) is 0 Å². The number of rotatable bonds is 5. The van der Waals surface area contributed by atoms with Crippen LogP contribution in [0.3, 0.4) is 0 Å². The molecule has 9 heteroatoms. The minimum atomic E-state index is -3.09. The second kappa shape index (κ2) is 6.71. The third-order valence-electron chi connectivity index (χ3n) is 4.50.